The van der Waals surface area contributed by atoms with Gasteiger partial charge >= 0.3 is 5.97 Å². The number of carbonyl (C=O) groups is 1. The molecule has 0 aliphatic rings. The van der Waals surface area contributed by atoms with Crippen LogP contribution in [-0.4, -0.2) is 21.0 Å². The van der Waals surface area contributed by atoms with Gasteiger partial charge in [-0.15, -0.1) is 0 Å². The molecule has 0 aromatic heterocycles. The minimum absolute atomic E-state index is 0.232. The lowest BCUT2D eigenvalue weighted by Crippen LogP contribution is -2.16. The third-order valence-electron chi connectivity index (χ3n) is 3.96. The fraction of sp³-hybridized carbons (Fsp3) is 0.842. The van der Waals surface area contributed by atoms with Crippen LogP contribution in [0.3, 0.4) is 0 Å². The van der Waals surface area contributed by atoms with Crippen molar-refractivity contribution in [1.82, 2.24) is 0 Å². The molecule has 0 saturated carbocycles. The van der Waals surface area contributed by atoms with Gasteiger partial charge in [0.25, 0.3) is 0 Å². The molecule has 0 saturated heterocycles. The number of allylic oxidation sites excluding steroid dienone is 1. The van der Waals surface area contributed by atoms with Gasteiger partial charge in [-0.2, -0.15) is 0 Å². The second kappa shape index (κ2) is 14.9. The van der Waals surface area contributed by atoms with Crippen LogP contribution in [0.1, 0.15) is 77.6 Å². The number of halogens is 1. The minimum atomic E-state index is -2.30. The highest BCUT2D eigenvalue weighted by Crippen LogP contribution is 2.17. The Morgan fingerprint density at radius 1 is 0.870 bits per heavy atom. The van der Waals surface area contributed by atoms with E-state index in [1.54, 1.807) is 19.2 Å². The molecule has 0 rings (SSSR count). The summed E-state index contributed by atoms with van der Waals surface area (Å²) in [6, 6.07) is 0.830. The zero-order chi connectivity index (χ0) is 17.4. The lowest BCUT2D eigenvalue weighted by atomic mass is 10.1. The molecule has 136 valence electrons. The Morgan fingerprint density at radius 3 is 1.74 bits per heavy atom. The first-order valence-corrected chi connectivity index (χ1v) is 12.5. The average molecular weight is 345 g/mol. The van der Waals surface area contributed by atoms with Gasteiger partial charge in [-0.1, -0.05) is 70.3 Å². The first kappa shape index (κ1) is 22.4. The highest BCUT2D eigenvalue weighted by atomic mass is 28.4. The van der Waals surface area contributed by atoms with Crippen LogP contribution in [0.25, 0.3) is 0 Å². The fourth-order valence-electron chi connectivity index (χ4n) is 2.60. The van der Waals surface area contributed by atoms with E-state index in [2.05, 4.69) is 0 Å². The molecule has 0 radical (unpaired) electrons. The molecule has 0 aliphatic heterocycles. The van der Waals surface area contributed by atoms with Crippen molar-refractivity contribution >= 4 is 14.4 Å². The summed E-state index contributed by atoms with van der Waals surface area (Å²) in [5, 5.41) is 0. The second-order valence-electron chi connectivity index (χ2n) is 7.03. The lowest BCUT2D eigenvalue weighted by Gasteiger charge is -2.09. The summed E-state index contributed by atoms with van der Waals surface area (Å²) in [7, 11) is -2.30. The fourth-order valence-corrected chi connectivity index (χ4v) is 3.69. The van der Waals surface area contributed by atoms with E-state index in [4.69, 9.17) is 4.74 Å². The third-order valence-corrected chi connectivity index (χ3v) is 5.51. The smallest absolute Gasteiger partial charge is 0.330 e. The summed E-state index contributed by atoms with van der Waals surface area (Å²) in [5.74, 6) is -0.232. The predicted octanol–water partition coefficient (Wildman–Crippen LogP) is 6.57. The van der Waals surface area contributed by atoms with E-state index in [1.807, 2.05) is 6.92 Å². The Bertz CT molecular complexity index is 311. The van der Waals surface area contributed by atoms with Crippen LogP contribution in [-0.2, 0) is 9.53 Å². The zero-order valence-electron chi connectivity index (χ0n) is 15.5. The molecule has 23 heavy (non-hydrogen) atoms. The first-order chi connectivity index (χ1) is 11.0. The highest BCUT2D eigenvalue weighted by molar-refractivity contribution is 6.70. The predicted molar refractivity (Wildman–Crippen MR) is 100.0 cm³/mol. The van der Waals surface area contributed by atoms with Crippen molar-refractivity contribution in [2.45, 2.75) is 96.7 Å². The van der Waals surface area contributed by atoms with Gasteiger partial charge in [0.05, 0.1) is 6.61 Å². The number of esters is 1. The van der Waals surface area contributed by atoms with Crippen LogP contribution >= 0.6 is 0 Å². The summed E-state index contributed by atoms with van der Waals surface area (Å²) < 4.78 is 18.4. The molecule has 0 fully saturated rings. The van der Waals surface area contributed by atoms with E-state index in [9.17, 15) is 8.90 Å². The summed E-state index contributed by atoms with van der Waals surface area (Å²) in [6.45, 7) is 5.97. The van der Waals surface area contributed by atoms with Crippen LogP contribution in [0.4, 0.5) is 4.11 Å². The molecule has 0 heterocycles. The van der Waals surface area contributed by atoms with Crippen LogP contribution in [0.5, 0.6) is 0 Å². The molecular formula is C19H37FO2Si. The Balaban J connectivity index is 3.12. The van der Waals surface area contributed by atoms with E-state index >= 15 is 0 Å². The molecule has 0 bridgehead atoms. The molecule has 0 aromatic rings. The molecule has 0 unspecified atom stereocenters. The Labute approximate surface area is 144 Å². The molecule has 0 amide bonds. The molecule has 0 spiro atoms. The highest BCUT2D eigenvalue weighted by Gasteiger charge is 2.18. The van der Waals surface area contributed by atoms with Gasteiger partial charge in [-0.3, -0.25) is 0 Å². The summed E-state index contributed by atoms with van der Waals surface area (Å²) in [5.41, 5.74) is 0. The quantitative estimate of drug-likeness (QED) is 0.110. The van der Waals surface area contributed by atoms with Crippen molar-refractivity contribution < 1.29 is 13.6 Å². The number of unbranched alkanes of at least 4 members (excludes halogenated alkanes) is 10. The van der Waals surface area contributed by atoms with Gasteiger partial charge in [-0.05, 0) is 32.5 Å². The lowest BCUT2D eigenvalue weighted by molar-refractivity contribution is -0.137. The van der Waals surface area contributed by atoms with E-state index < -0.39 is 8.41 Å². The number of hydrogen-bond donors (Lipinski definition) is 0. The maximum absolute atomic E-state index is 13.4. The minimum Gasteiger partial charge on any atom is -0.463 e. The number of carbonyl (C=O) groups excluding carboxylic acids is 1. The van der Waals surface area contributed by atoms with Gasteiger partial charge in [0.2, 0.25) is 8.41 Å². The van der Waals surface area contributed by atoms with E-state index in [0.717, 1.165) is 25.3 Å². The molecule has 2 nitrogen and oxygen atoms in total. The van der Waals surface area contributed by atoms with E-state index in [-0.39, 0.29) is 5.97 Å². The van der Waals surface area contributed by atoms with Crippen molar-refractivity contribution in [1.29, 1.82) is 0 Å². The molecule has 0 aliphatic carbocycles. The van der Waals surface area contributed by atoms with Gasteiger partial charge in [0.1, 0.15) is 0 Å². The maximum atomic E-state index is 13.4. The van der Waals surface area contributed by atoms with Gasteiger partial charge < -0.3 is 8.84 Å². The first-order valence-electron chi connectivity index (χ1n) is 9.44. The van der Waals surface area contributed by atoms with Crippen molar-refractivity contribution in [3.63, 3.8) is 0 Å². The van der Waals surface area contributed by atoms with Gasteiger partial charge in [-0.25, -0.2) is 4.79 Å². The average Bonchev–Trinajstić information content (AvgIpc) is 2.46. The van der Waals surface area contributed by atoms with Crippen molar-refractivity contribution in [3.05, 3.63) is 12.2 Å². The van der Waals surface area contributed by atoms with Crippen LogP contribution < -0.4 is 0 Å². The number of hydrogen-bond acceptors (Lipinski definition) is 2. The topological polar surface area (TPSA) is 26.3 Å². The van der Waals surface area contributed by atoms with Crippen molar-refractivity contribution in [2.24, 2.45) is 0 Å². The number of rotatable bonds is 15. The van der Waals surface area contributed by atoms with Crippen molar-refractivity contribution in [2.75, 3.05) is 6.61 Å². The number of ether oxygens (including phenoxy) is 1. The Hall–Kier alpha value is -0.643. The van der Waals surface area contributed by atoms with Gasteiger partial charge in [0.15, 0.2) is 0 Å². The summed E-state index contributed by atoms with van der Waals surface area (Å²) in [4.78, 5) is 11.1. The van der Waals surface area contributed by atoms with Crippen molar-refractivity contribution in [3.8, 4) is 0 Å². The van der Waals surface area contributed by atoms with E-state index in [0.29, 0.717) is 6.61 Å². The zero-order valence-corrected chi connectivity index (χ0v) is 16.5. The molecule has 0 atom stereocenters. The SMILES string of the molecule is CC=CC(=O)OCCCCCCCCCCCCC[Si](C)(C)F. The largest absolute Gasteiger partial charge is 0.463 e. The van der Waals surface area contributed by atoms with E-state index in [1.165, 1.54) is 57.4 Å². The maximum Gasteiger partial charge on any atom is 0.330 e. The Morgan fingerprint density at radius 2 is 1.30 bits per heavy atom. The summed E-state index contributed by atoms with van der Waals surface area (Å²) >= 11 is 0. The third kappa shape index (κ3) is 19.3. The molecule has 0 aromatic carbocycles. The Kier molecular flexibility index (Phi) is 14.5. The summed E-state index contributed by atoms with van der Waals surface area (Å²) in [6.07, 6.45) is 16.6. The molecule has 4 heteroatoms. The standard InChI is InChI=1S/C19H37FO2Si/c1-4-16-19(21)22-17-14-12-10-8-6-5-7-9-11-13-15-18-23(2,3)20/h4,16H,5-15,17-18H2,1-3H3. The van der Waals surface area contributed by atoms with Gasteiger partial charge in [0, 0.05) is 6.08 Å². The normalized spacial score (nSPS) is 12.0. The molecule has 0 N–H and O–H groups in total. The second-order valence-corrected chi connectivity index (χ2v) is 11.0. The monoisotopic (exact) mass is 344 g/mol. The van der Waals surface area contributed by atoms with Crippen LogP contribution in [0.15, 0.2) is 12.2 Å². The van der Waals surface area contributed by atoms with Crippen LogP contribution in [0.2, 0.25) is 19.1 Å². The molecular weight excluding hydrogens is 307 g/mol. The van der Waals surface area contributed by atoms with Crippen LogP contribution in [0, 0.1) is 0 Å².